The summed E-state index contributed by atoms with van der Waals surface area (Å²) < 4.78 is 25.0. The molecule has 0 aliphatic rings. The number of anilines is 2. The maximum atomic E-state index is 12.6. The average Bonchev–Trinajstić information content (AvgIpc) is 3.05. The molecule has 7 nitrogen and oxygen atoms in total. The van der Waals surface area contributed by atoms with Gasteiger partial charge in [0.05, 0.1) is 11.9 Å². The van der Waals surface area contributed by atoms with Gasteiger partial charge in [0.15, 0.2) is 0 Å². The van der Waals surface area contributed by atoms with E-state index >= 15 is 0 Å². The molecule has 0 saturated heterocycles. The molecule has 3 rings (SSSR count). The summed E-state index contributed by atoms with van der Waals surface area (Å²) in [6, 6.07) is 15.2. The molecule has 29 heavy (non-hydrogen) atoms. The predicted molar refractivity (Wildman–Crippen MR) is 114 cm³/mol. The minimum atomic E-state index is -3.38. The highest BCUT2D eigenvalue weighted by Gasteiger charge is 2.19. The van der Waals surface area contributed by atoms with Crippen LogP contribution >= 0.6 is 11.3 Å². The highest BCUT2D eigenvalue weighted by atomic mass is 32.2. The molecule has 150 valence electrons. The van der Waals surface area contributed by atoms with Crippen LogP contribution in [0.2, 0.25) is 0 Å². The van der Waals surface area contributed by atoms with Gasteiger partial charge in [0.2, 0.25) is 10.0 Å². The normalized spacial score (nSPS) is 11.1. The predicted octanol–water partition coefficient (Wildman–Crippen LogP) is 4.05. The van der Waals surface area contributed by atoms with E-state index < -0.39 is 16.0 Å². The lowest BCUT2D eigenvalue weighted by Crippen LogP contribution is -2.14. The van der Waals surface area contributed by atoms with Gasteiger partial charge in [-0.3, -0.25) is 9.52 Å². The third kappa shape index (κ3) is 5.01. The Bertz CT molecular complexity index is 1180. The van der Waals surface area contributed by atoms with Crippen molar-refractivity contribution in [3.63, 3.8) is 0 Å². The Morgan fingerprint density at radius 2 is 1.69 bits per heavy atom. The fraction of sp³-hybridized carbons (Fsp3) is 0.100. The fourth-order valence-corrected chi connectivity index (χ4v) is 4.24. The highest BCUT2D eigenvalue weighted by Crippen LogP contribution is 2.35. The minimum absolute atomic E-state index is 0.0141. The Morgan fingerprint density at radius 1 is 1.03 bits per heavy atom. The highest BCUT2D eigenvalue weighted by molar-refractivity contribution is 7.92. The lowest BCUT2D eigenvalue weighted by Gasteiger charge is -2.07. The van der Waals surface area contributed by atoms with Crippen LogP contribution < -0.4 is 10.0 Å². The van der Waals surface area contributed by atoms with Crippen LogP contribution in [0.1, 0.15) is 25.6 Å². The number of benzene rings is 2. The molecular formula is C20H18N2O5S2. The largest absolute Gasteiger partial charge is 0.477 e. The molecule has 0 aliphatic heterocycles. The Kier molecular flexibility index (Phi) is 5.71. The van der Waals surface area contributed by atoms with Crippen molar-refractivity contribution in [3.8, 4) is 10.4 Å². The number of aryl methyl sites for hydroxylation is 1. The van der Waals surface area contributed by atoms with Gasteiger partial charge in [0.1, 0.15) is 4.88 Å². The van der Waals surface area contributed by atoms with E-state index in [1.165, 1.54) is 0 Å². The monoisotopic (exact) mass is 430 g/mol. The number of hydrogen-bond acceptors (Lipinski definition) is 5. The third-order valence-corrected chi connectivity index (χ3v) is 5.82. The number of carboxylic acids is 1. The van der Waals surface area contributed by atoms with Crippen LogP contribution in [0.5, 0.6) is 0 Å². The van der Waals surface area contributed by atoms with Crippen molar-refractivity contribution in [2.24, 2.45) is 0 Å². The Hall–Kier alpha value is -3.17. The first-order valence-electron chi connectivity index (χ1n) is 8.46. The van der Waals surface area contributed by atoms with Gasteiger partial charge in [-0.2, -0.15) is 0 Å². The van der Waals surface area contributed by atoms with Gasteiger partial charge in [-0.25, -0.2) is 13.2 Å². The van der Waals surface area contributed by atoms with E-state index in [2.05, 4.69) is 10.0 Å². The maximum Gasteiger partial charge on any atom is 0.348 e. The number of carbonyl (C=O) groups excluding carboxylic acids is 1. The molecule has 0 aliphatic carbocycles. The molecule has 1 aromatic heterocycles. The first-order chi connectivity index (χ1) is 13.6. The number of carbonyl (C=O) groups is 2. The lowest BCUT2D eigenvalue weighted by molar-refractivity contribution is 0.0703. The van der Waals surface area contributed by atoms with Crippen molar-refractivity contribution >= 4 is 44.6 Å². The summed E-state index contributed by atoms with van der Waals surface area (Å²) >= 11 is 1.03. The Labute approximate surface area is 172 Å². The molecule has 0 unspecified atom stereocenters. The van der Waals surface area contributed by atoms with Crippen molar-refractivity contribution < 1.29 is 23.1 Å². The molecule has 0 radical (unpaired) electrons. The van der Waals surface area contributed by atoms with Gasteiger partial charge in [0, 0.05) is 16.1 Å². The molecule has 0 saturated carbocycles. The van der Waals surface area contributed by atoms with Crippen molar-refractivity contribution in [1.29, 1.82) is 0 Å². The molecule has 0 atom stereocenters. The smallest absolute Gasteiger partial charge is 0.348 e. The van der Waals surface area contributed by atoms with Crippen molar-refractivity contribution in [2.75, 3.05) is 16.3 Å². The van der Waals surface area contributed by atoms with E-state index in [1.54, 1.807) is 55.5 Å². The Morgan fingerprint density at radius 3 is 2.28 bits per heavy atom. The molecule has 3 N–H and O–H groups in total. The van der Waals surface area contributed by atoms with Gasteiger partial charge in [-0.05, 0) is 42.3 Å². The fourth-order valence-electron chi connectivity index (χ4n) is 2.72. The Balaban J connectivity index is 1.90. The van der Waals surface area contributed by atoms with Gasteiger partial charge in [-0.15, -0.1) is 11.3 Å². The van der Waals surface area contributed by atoms with E-state index in [-0.39, 0.29) is 16.5 Å². The van der Waals surface area contributed by atoms with Crippen LogP contribution in [-0.2, 0) is 10.0 Å². The number of aromatic carboxylic acids is 1. The van der Waals surface area contributed by atoms with E-state index in [1.807, 2.05) is 6.07 Å². The van der Waals surface area contributed by atoms with E-state index in [4.69, 9.17) is 0 Å². The maximum absolute atomic E-state index is 12.6. The number of rotatable bonds is 6. The van der Waals surface area contributed by atoms with Crippen molar-refractivity contribution in [3.05, 3.63) is 70.6 Å². The molecule has 1 amide bonds. The molecular weight excluding hydrogens is 412 g/mol. The zero-order chi connectivity index (χ0) is 21.2. The van der Waals surface area contributed by atoms with Crippen LogP contribution in [0.3, 0.4) is 0 Å². The van der Waals surface area contributed by atoms with Gasteiger partial charge < -0.3 is 10.4 Å². The molecule has 1 heterocycles. The van der Waals surface area contributed by atoms with Crippen LogP contribution in [0.4, 0.5) is 11.4 Å². The minimum Gasteiger partial charge on any atom is -0.477 e. The second-order valence-electron chi connectivity index (χ2n) is 6.38. The van der Waals surface area contributed by atoms with Crippen LogP contribution in [0.15, 0.2) is 54.6 Å². The number of nitrogens with one attached hydrogen (secondary N) is 2. The molecule has 0 bridgehead atoms. The van der Waals surface area contributed by atoms with Crippen LogP contribution in [0, 0.1) is 6.92 Å². The number of sulfonamides is 1. The standard InChI is InChI=1S/C20H18N2O5S2/c1-12-5-3-4-6-15(12)19(23)21-16-11-17(28-18(16)20(24)25)13-7-9-14(10-8-13)22-29(2,26)27/h3-11,22H,1-2H3,(H,21,23)(H,24,25). The van der Waals surface area contributed by atoms with Gasteiger partial charge in [0.25, 0.3) is 5.91 Å². The number of carboxylic acid groups (broad SMARTS) is 1. The quantitative estimate of drug-likeness (QED) is 0.546. The summed E-state index contributed by atoms with van der Waals surface area (Å²) in [7, 11) is -3.38. The van der Waals surface area contributed by atoms with Crippen LogP contribution in [-0.4, -0.2) is 31.7 Å². The summed E-state index contributed by atoms with van der Waals surface area (Å²) in [6.07, 6.45) is 1.06. The third-order valence-electron chi connectivity index (χ3n) is 4.04. The summed E-state index contributed by atoms with van der Waals surface area (Å²) in [5.41, 5.74) is 2.57. The second-order valence-corrected chi connectivity index (χ2v) is 9.18. The molecule has 9 heteroatoms. The lowest BCUT2D eigenvalue weighted by atomic mass is 10.1. The molecule has 2 aromatic carbocycles. The zero-order valence-corrected chi connectivity index (χ0v) is 17.2. The van der Waals surface area contributed by atoms with E-state index in [0.717, 1.165) is 23.2 Å². The summed E-state index contributed by atoms with van der Waals surface area (Å²) in [5.74, 6) is -1.53. The topological polar surface area (TPSA) is 113 Å². The van der Waals surface area contributed by atoms with Crippen molar-refractivity contribution in [2.45, 2.75) is 6.92 Å². The zero-order valence-electron chi connectivity index (χ0n) is 15.6. The summed E-state index contributed by atoms with van der Waals surface area (Å²) in [6.45, 7) is 1.80. The number of amides is 1. The number of thiophene rings is 1. The van der Waals surface area contributed by atoms with Gasteiger partial charge >= 0.3 is 5.97 Å². The molecule has 0 spiro atoms. The average molecular weight is 431 g/mol. The second kappa shape index (κ2) is 8.06. The number of hydrogen-bond donors (Lipinski definition) is 3. The summed E-state index contributed by atoms with van der Waals surface area (Å²) in [4.78, 5) is 24.9. The molecule has 0 fully saturated rings. The van der Waals surface area contributed by atoms with E-state index in [9.17, 15) is 23.1 Å². The summed E-state index contributed by atoms with van der Waals surface area (Å²) in [5, 5.41) is 12.2. The first-order valence-corrected chi connectivity index (χ1v) is 11.2. The van der Waals surface area contributed by atoms with Crippen LogP contribution in [0.25, 0.3) is 10.4 Å². The molecule has 3 aromatic rings. The van der Waals surface area contributed by atoms with Gasteiger partial charge in [-0.1, -0.05) is 30.3 Å². The first kappa shape index (κ1) is 20.6. The van der Waals surface area contributed by atoms with E-state index in [0.29, 0.717) is 21.7 Å². The van der Waals surface area contributed by atoms with Crippen molar-refractivity contribution in [1.82, 2.24) is 0 Å². The SMILES string of the molecule is Cc1ccccc1C(=O)Nc1cc(-c2ccc(NS(C)(=O)=O)cc2)sc1C(=O)O.